The van der Waals surface area contributed by atoms with Crippen LogP contribution in [0.5, 0.6) is 0 Å². The number of aliphatic hydroxyl groups is 1. The number of carbonyl (C=O) groups is 1. The SMILES string of the molecule is O=C(O)[C@@H]1C[C@@H]2CC[C@@H](O)C[C@@H]2N1Cc1ccccc1. The lowest BCUT2D eigenvalue weighted by Gasteiger charge is -2.35. The Morgan fingerprint density at radius 2 is 1.95 bits per heavy atom. The zero-order valence-corrected chi connectivity index (χ0v) is 11.5. The molecule has 1 aliphatic carbocycles. The molecule has 1 heterocycles. The molecule has 2 aliphatic rings. The number of carboxylic acid groups (broad SMARTS) is 1. The van der Waals surface area contributed by atoms with Crippen LogP contribution >= 0.6 is 0 Å². The molecule has 0 amide bonds. The summed E-state index contributed by atoms with van der Waals surface area (Å²) in [5, 5.41) is 19.4. The minimum atomic E-state index is -0.732. The predicted octanol–water partition coefficient (Wildman–Crippen LogP) is 1.88. The first-order valence-corrected chi connectivity index (χ1v) is 7.35. The lowest BCUT2D eigenvalue weighted by atomic mass is 9.83. The van der Waals surface area contributed by atoms with Crippen LogP contribution in [0, 0.1) is 5.92 Å². The zero-order valence-electron chi connectivity index (χ0n) is 11.5. The van der Waals surface area contributed by atoms with Gasteiger partial charge in [0.25, 0.3) is 0 Å². The highest BCUT2D eigenvalue weighted by Gasteiger charge is 2.46. The number of hydrogen-bond donors (Lipinski definition) is 2. The van der Waals surface area contributed by atoms with Crippen LogP contribution in [0.25, 0.3) is 0 Å². The normalized spacial score (nSPS) is 33.9. The van der Waals surface area contributed by atoms with Crippen molar-refractivity contribution in [1.29, 1.82) is 0 Å². The molecule has 1 aromatic rings. The minimum Gasteiger partial charge on any atom is -0.480 e. The van der Waals surface area contributed by atoms with Gasteiger partial charge < -0.3 is 10.2 Å². The number of hydrogen-bond acceptors (Lipinski definition) is 3. The monoisotopic (exact) mass is 275 g/mol. The van der Waals surface area contributed by atoms with Gasteiger partial charge in [-0.05, 0) is 37.2 Å². The molecule has 3 rings (SSSR count). The Bertz CT molecular complexity index is 476. The maximum Gasteiger partial charge on any atom is 0.320 e. The topological polar surface area (TPSA) is 60.8 Å². The van der Waals surface area contributed by atoms with Gasteiger partial charge in [0, 0.05) is 12.6 Å². The van der Waals surface area contributed by atoms with E-state index in [1.54, 1.807) is 0 Å². The standard InChI is InChI=1S/C16H21NO3/c18-13-7-6-12-8-15(16(19)20)17(14(12)9-13)10-11-4-2-1-3-5-11/h1-5,12-15,18H,6-10H2,(H,19,20)/t12-,13+,14-,15-/m0/s1. The van der Waals surface area contributed by atoms with Gasteiger partial charge in [0.1, 0.15) is 6.04 Å². The third-order valence-electron chi connectivity index (χ3n) is 4.77. The van der Waals surface area contributed by atoms with Crippen LogP contribution in [-0.4, -0.2) is 39.3 Å². The highest BCUT2D eigenvalue weighted by atomic mass is 16.4. The van der Waals surface area contributed by atoms with E-state index < -0.39 is 12.0 Å². The summed E-state index contributed by atoms with van der Waals surface area (Å²) in [4.78, 5) is 13.6. The molecule has 1 aliphatic heterocycles. The summed E-state index contributed by atoms with van der Waals surface area (Å²) in [7, 11) is 0. The fraction of sp³-hybridized carbons (Fsp3) is 0.562. The van der Waals surface area contributed by atoms with E-state index in [9.17, 15) is 15.0 Å². The summed E-state index contributed by atoms with van der Waals surface area (Å²) < 4.78 is 0. The summed E-state index contributed by atoms with van der Waals surface area (Å²) in [6, 6.07) is 9.80. The molecule has 1 aromatic carbocycles. The van der Waals surface area contributed by atoms with E-state index in [0.717, 1.165) is 24.8 Å². The van der Waals surface area contributed by atoms with Crippen LogP contribution < -0.4 is 0 Å². The molecule has 4 nitrogen and oxygen atoms in total. The molecule has 0 bridgehead atoms. The lowest BCUT2D eigenvalue weighted by Crippen LogP contribution is -2.43. The zero-order chi connectivity index (χ0) is 14.1. The van der Waals surface area contributed by atoms with E-state index in [1.165, 1.54) is 0 Å². The number of nitrogens with zero attached hydrogens (tertiary/aromatic N) is 1. The van der Waals surface area contributed by atoms with Crippen molar-refractivity contribution in [1.82, 2.24) is 4.90 Å². The van der Waals surface area contributed by atoms with Crippen molar-refractivity contribution in [2.75, 3.05) is 0 Å². The number of aliphatic hydroxyl groups excluding tert-OH is 1. The number of rotatable bonds is 3. The molecule has 0 unspecified atom stereocenters. The van der Waals surface area contributed by atoms with Gasteiger partial charge in [-0.1, -0.05) is 30.3 Å². The van der Waals surface area contributed by atoms with Crippen LogP contribution in [0.2, 0.25) is 0 Å². The van der Waals surface area contributed by atoms with Crippen molar-refractivity contribution in [2.24, 2.45) is 5.92 Å². The Hall–Kier alpha value is -1.39. The van der Waals surface area contributed by atoms with Gasteiger partial charge in [0.05, 0.1) is 6.10 Å². The molecule has 4 heteroatoms. The van der Waals surface area contributed by atoms with Crippen molar-refractivity contribution < 1.29 is 15.0 Å². The van der Waals surface area contributed by atoms with Gasteiger partial charge in [-0.3, -0.25) is 9.69 Å². The van der Waals surface area contributed by atoms with Gasteiger partial charge in [-0.2, -0.15) is 0 Å². The van der Waals surface area contributed by atoms with Crippen molar-refractivity contribution >= 4 is 5.97 Å². The predicted molar refractivity (Wildman–Crippen MR) is 75.2 cm³/mol. The summed E-state index contributed by atoms with van der Waals surface area (Å²) >= 11 is 0. The number of aliphatic carboxylic acids is 1. The highest BCUT2D eigenvalue weighted by molar-refractivity contribution is 5.74. The lowest BCUT2D eigenvalue weighted by molar-refractivity contribution is -0.143. The van der Waals surface area contributed by atoms with E-state index >= 15 is 0 Å². The van der Waals surface area contributed by atoms with Crippen LogP contribution in [0.4, 0.5) is 0 Å². The largest absolute Gasteiger partial charge is 0.480 e. The van der Waals surface area contributed by atoms with Crippen molar-refractivity contribution in [2.45, 2.75) is 50.4 Å². The van der Waals surface area contributed by atoms with E-state index in [-0.39, 0.29) is 12.1 Å². The second kappa shape index (κ2) is 5.54. The molecule has 2 fully saturated rings. The number of carboxylic acids is 1. The van der Waals surface area contributed by atoms with E-state index in [2.05, 4.69) is 4.90 Å². The molecular formula is C16H21NO3. The number of fused-ring (bicyclic) bond motifs is 1. The van der Waals surface area contributed by atoms with Crippen molar-refractivity contribution in [3.8, 4) is 0 Å². The van der Waals surface area contributed by atoms with Crippen molar-refractivity contribution in [3.05, 3.63) is 35.9 Å². The first-order valence-electron chi connectivity index (χ1n) is 7.35. The summed E-state index contributed by atoms with van der Waals surface area (Å²) in [6.45, 7) is 0.658. The molecule has 0 spiro atoms. The van der Waals surface area contributed by atoms with Gasteiger partial charge in [0.15, 0.2) is 0 Å². The third-order valence-corrected chi connectivity index (χ3v) is 4.77. The second-order valence-electron chi connectivity index (χ2n) is 6.04. The van der Waals surface area contributed by atoms with Crippen LogP contribution in [0.3, 0.4) is 0 Å². The van der Waals surface area contributed by atoms with E-state index in [1.807, 2.05) is 30.3 Å². The molecule has 2 N–H and O–H groups in total. The van der Waals surface area contributed by atoms with E-state index in [0.29, 0.717) is 18.9 Å². The number of benzene rings is 1. The van der Waals surface area contributed by atoms with E-state index in [4.69, 9.17) is 0 Å². The Labute approximate surface area is 119 Å². The van der Waals surface area contributed by atoms with Gasteiger partial charge in [0.2, 0.25) is 0 Å². The molecule has 0 aromatic heterocycles. The maximum atomic E-state index is 11.5. The quantitative estimate of drug-likeness (QED) is 0.884. The minimum absolute atomic E-state index is 0.208. The highest BCUT2D eigenvalue weighted by Crippen LogP contribution is 2.40. The summed E-state index contributed by atoms with van der Waals surface area (Å²) in [5.74, 6) is -0.312. The molecule has 1 saturated heterocycles. The first kappa shape index (κ1) is 13.6. The Morgan fingerprint density at radius 1 is 1.20 bits per heavy atom. The van der Waals surface area contributed by atoms with Crippen LogP contribution in [0.15, 0.2) is 30.3 Å². The second-order valence-corrected chi connectivity index (χ2v) is 6.04. The molecular weight excluding hydrogens is 254 g/mol. The Balaban J connectivity index is 1.81. The van der Waals surface area contributed by atoms with Crippen molar-refractivity contribution in [3.63, 3.8) is 0 Å². The summed E-state index contributed by atoms with van der Waals surface area (Å²) in [5.41, 5.74) is 1.14. The fourth-order valence-electron chi connectivity index (χ4n) is 3.79. The first-order chi connectivity index (χ1) is 9.65. The summed E-state index contributed by atoms with van der Waals surface area (Å²) in [6.07, 6.45) is 2.91. The van der Waals surface area contributed by atoms with Gasteiger partial charge in [-0.15, -0.1) is 0 Å². The fourth-order valence-corrected chi connectivity index (χ4v) is 3.79. The number of likely N-dealkylation sites (tertiary alicyclic amines) is 1. The smallest absolute Gasteiger partial charge is 0.320 e. The Kier molecular flexibility index (Phi) is 3.76. The third kappa shape index (κ3) is 2.58. The average Bonchev–Trinajstić information content (AvgIpc) is 2.78. The van der Waals surface area contributed by atoms with Crippen LogP contribution in [-0.2, 0) is 11.3 Å². The maximum absolute atomic E-state index is 11.5. The average molecular weight is 275 g/mol. The van der Waals surface area contributed by atoms with Crippen LogP contribution in [0.1, 0.15) is 31.2 Å². The molecule has 4 atom stereocenters. The van der Waals surface area contributed by atoms with Gasteiger partial charge >= 0.3 is 5.97 Å². The molecule has 0 radical (unpaired) electrons. The molecule has 20 heavy (non-hydrogen) atoms. The van der Waals surface area contributed by atoms with Gasteiger partial charge in [-0.25, -0.2) is 0 Å². The molecule has 1 saturated carbocycles. The Morgan fingerprint density at radius 3 is 2.65 bits per heavy atom. The molecule has 108 valence electrons.